The first-order valence-corrected chi connectivity index (χ1v) is 11.9. The van der Waals surface area contributed by atoms with Gasteiger partial charge in [0, 0.05) is 0 Å². The van der Waals surface area contributed by atoms with Crippen LogP contribution in [0.5, 0.6) is 0 Å². The van der Waals surface area contributed by atoms with Gasteiger partial charge in [-0.2, -0.15) is 0 Å². The van der Waals surface area contributed by atoms with Crippen molar-refractivity contribution in [1.82, 2.24) is 4.90 Å². The number of β-lactam (4-membered cyclic amide) rings is 1. The van der Waals surface area contributed by atoms with Crippen molar-refractivity contribution in [2.45, 2.75) is 92.0 Å². The Morgan fingerprint density at radius 3 is 2.40 bits per heavy atom. The number of ether oxygens (including phenoxy) is 1. The van der Waals surface area contributed by atoms with Crippen molar-refractivity contribution in [2.24, 2.45) is 40.4 Å². The Bertz CT molecular complexity index is 745. The Morgan fingerprint density at radius 1 is 1.13 bits per heavy atom. The van der Waals surface area contributed by atoms with Crippen LogP contribution in [0.4, 0.5) is 0 Å². The highest BCUT2D eigenvalue weighted by Gasteiger charge is 2.69. The number of rotatable bonds is 4. The summed E-state index contributed by atoms with van der Waals surface area (Å²) in [5, 5.41) is 0. The fourth-order valence-electron chi connectivity index (χ4n) is 7.31. The second-order valence-electron chi connectivity index (χ2n) is 12.8. The maximum absolute atomic E-state index is 13.1. The molecule has 4 rings (SSSR count). The summed E-state index contributed by atoms with van der Waals surface area (Å²) >= 11 is 0. The van der Waals surface area contributed by atoms with E-state index in [2.05, 4.69) is 20.8 Å². The van der Waals surface area contributed by atoms with Gasteiger partial charge in [0.15, 0.2) is 6.61 Å². The van der Waals surface area contributed by atoms with E-state index in [1.54, 1.807) is 0 Å². The maximum Gasteiger partial charge on any atom is 0.309 e. The van der Waals surface area contributed by atoms with Crippen molar-refractivity contribution in [3.8, 4) is 0 Å². The molecule has 2 bridgehead atoms. The monoisotopic (exact) mass is 417 g/mol. The fraction of sp³-hybridized carbons (Fsp3) is 0.880. The molecular weight excluding hydrogens is 378 g/mol. The summed E-state index contributed by atoms with van der Waals surface area (Å²) in [6.07, 6.45) is 7.21. The topological polar surface area (TPSA) is 63.7 Å². The van der Waals surface area contributed by atoms with Gasteiger partial charge < -0.3 is 4.74 Å². The minimum absolute atomic E-state index is 0.0145. The second-order valence-corrected chi connectivity index (χ2v) is 12.8. The van der Waals surface area contributed by atoms with Crippen LogP contribution < -0.4 is 0 Å². The summed E-state index contributed by atoms with van der Waals surface area (Å²) in [5.41, 5.74) is -0.533. The number of hydrogen-bond donors (Lipinski definition) is 0. The maximum atomic E-state index is 13.1. The number of esters is 1. The van der Waals surface area contributed by atoms with E-state index in [1.807, 2.05) is 20.8 Å². The number of nitrogens with zero attached hydrogens (tertiary/aromatic N) is 1. The Morgan fingerprint density at radius 2 is 1.80 bits per heavy atom. The summed E-state index contributed by atoms with van der Waals surface area (Å²) < 4.78 is 5.53. The van der Waals surface area contributed by atoms with Gasteiger partial charge >= 0.3 is 5.97 Å². The van der Waals surface area contributed by atoms with Gasteiger partial charge in [-0.1, -0.05) is 48.0 Å². The molecule has 1 aliphatic heterocycles. The van der Waals surface area contributed by atoms with E-state index in [0.717, 1.165) is 12.3 Å². The van der Waals surface area contributed by atoms with Crippen LogP contribution in [0.2, 0.25) is 0 Å². The van der Waals surface area contributed by atoms with Crippen LogP contribution >= 0.6 is 0 Å². The van der Waals surface area contributed by atoms with Crippen LogP contribution in [0.3, 0.4) is 0 Å². The molecule has 1 spiro atoms. The van der Waals surface area contributed by atoms with Crippen LogP contribution in [0.25, 0.3) is 0 Å². The standard InChI is InChI=1S/C25H39NO4/c1-23(2,3)12-19(24(4,5)6)22(29)30-14-21(28)26-20(27)13-25(26)11-15-10-18(25)17-9-7-8-16(15)17/h15-19H,7-14H2,1-6H3. The van der Waals surface area contributed by atoms with Crippen molar-refractivity contribution >= 4 is 17.8 Å². The minimum Gasteiger partial charge on any atom is -0.455 e. The lowest BCUT2D eigenvalue weighted by Crippen LogP contribution is -2.70. The third-order valence-electron chi connectivity index (χ3n) is 8.50. The van der Waals surface area contributed by atoms with Crippen LogP contribution in [-0.4, -0.2) is 34.8 Å². The van der Waals surface area contributed by atoms with Gasteiger partial charge in [-0.3, -0.25) is 19.3 Å². The SMILES string of the molecule is CC(C)(C)CC(C(=O)OCC(=O)N1C(=O)CC12CC1CC2C2CCCC12)C(C)(C)C. The average molecular weight is 418 g/mol. The molecule has 0 aromatic carbocycles. The van der Waals surface area contributed by atoms with Crippen LogP contribution in [0.1, 0.15) is 86.5 Å². The molecule has 4 fully saturated rings. The molecule has 2 amide bonds. The molecule has 1 heterocycles. The molecule has 6 atom stereocenters. The molecule has 0 radical (unpaired) electrons. The Labute approximate surface area is 181 Å². The minimum atomic E-state index is -0.323. The summed E-state index contributed by atoms with van der Waals surface area (Å²) in [5.74, 6) is 1.64. The highest BCUT2D eigenvalue weighted by Crippen LogP contribution is 2.67. The molecule has 0 aromatic heterocycles. The predicted octanol–water partition coefficient (Wildman–Crippen LogP) is 4.58. The molecule has 168 valence electrons. The van der Waals surface area contributed by atoms with Crippen molar-refractivity contribution in [2.75, 3.05) is 6.61 Å². The normalized spacial score (nSPS) is 36.1. The molecule has 3 saturated carbocycles. The molecule has 0 N–H and O–H groups in total. The number of likely N-dealkylation sites (tertiary alicyclic amines) is 1. The molecule has 5 heteroatoms. The molecule has 0 aromatic rings. The second kappa shape index (κ2) is 7.06. The fourth-order valence-corrected chi connectivity index (χ4v) is 7.31. The smallest absolute Gasteiger partial charge is 0.309 e. The zero-order valence-corrected chi connectivity index (χ0v) is 19.6. The summed E-state index contributed by atoms with van der Waals surface area (Å²) in [4.78, 5) is 40.0. The molecule has 1 saturated heterocycles. The van der Waals surface area contributed by atoms with E-state index >= 15 is 0 Å². The van der Waals surface area contributed by atoms with Crippen LogP contribution in [0, 0.1) is 40.4 Å². The first-order valence-electron chi connectivity index (χ1n) is 11.9. The largest absolute Gasteiger partial charge is 0.455 e. The molecule has 5 nitrogen and oxygen atoms in total. The highest BCUT2D eigenvalue weighted by atomic mass is 16.5. The lowest BCUT2D eigenvalue weighted by molar-refractivity contribution is -0.181. The van der Waals surface area contributed by atoms with Crippen LogP contribution in [0.15, 0.2) is 0 Å². The van der Waals surface area contributed by atoms with E-state index in [-0.39, 0.29) is 46.7 Å². The average Bonchev–Trinajstić information content (AvgIpc) is 3.27. The lowest BCUT2D eigenvalue weighted by Gasteiger charge is -2.55. The van der Waals surface area contributed by atoms with E-state index in [1.165, 1.54) is 30.6 Å². The first-order chi connectivity index (χ1) is 13.8. The van der Waals surface area contributed by atoms with Crippen molar-refractivity contribution < 1.29 is 19.1 Å². The number of hydrogen-bond acceptors (Lipinski definition) is 4. The number of carbonyl (C=O) groups is 3. The van der Waals surface area contributed by atoms with Gasteiger partial charge in [-0.05, 0) is 66.6 Å². The Hall–Kier alpha value is -1.39. The van der Waals surface area contributed by atoms with E-state index in [9.17, 15) is 14.4 Å². The van der Waals surface area contributed by atoms with Crippen molar-refractivity contribution in [3.63, 3.8) is 0 Å². The number of imide groups is 1. The molecule has 6 unspecified atom stereocenters. The molecule has 4 aliphatic rings. The lowest BCUT2D eigenvalue weighted by atomic mass is 9.64. The molecule has 30 heavy (non-hydrogen) atoms. The van der Waals surface area contributed by atoms with Gasteiger partial charge in [-0.25, -0.2) is 0 Å². The summed E-state index contributed by atoms with van der Waals surface area (Å²) in [7, 11) is 0. The number of amides is 2. The van der Waals surface area contributed by atoms with Gasteiger partial charge in [-0.15, -0.1) is 0 Å². The number of carbonyl (C=O) groups excluding carboxylic acids is 3. The highest BCUT2D eigenvalue weighted by molar-refractivity contribution is 6.03. The number of fused-ring (bicyclic) bond motifs is 6. The van der Waals surface area contributed by atoms with Crippen LogP contribution in [-0.2, 0) is 19.1 Å². The third kappa shape index (κ3) is 3.50. The van der Waals surface area contributed by atoms with Gasteiger partial charge in [0.25, 0.3) is 5.91 Å². The van der Waals surface area contributed by atoms with Crippen molar-refractivity contribution in [3.05, 3.63) is 0 Å². The van der Waals surface area contributed by atoms with E-state index in [4.69, 9.17) is 4.74 Å². The van der Waals surface area contributed by atoms with Gasteiger partial charge in [0.1, 0.15) is 0 Å². The quantitative estimate of drug-likeness (QED) is 0.496. The van der Waals surface area contributed by atoms with Gasteiger partial charge in [0.05, 0.1) is 17.9 Å². The zero-order chi connectivity index (χ0) is 22.1. The Kier molecular flexibility index (Phi) is 5.14. The van der Waals surface area contributed by atoms with Gasteiger partial charge in [0.2, 0.25) is 5.91 Å². The predicted molar refractivity (Wildman–Crippen MR) is 114 cm³/mol. The Balaban J connectivity index is 1.41. The van der Waals surface area contributed by atoms with Crippen molar-refractivity contribution in [1.29, 1.82) is 0 Å². The summed E-state index contributed by atoms with van der Waals surface area (Å²) in [6, 6.07) is 0. The van der Waals surface area contributed by atoms with E-state index in [0.29, 0.717) is 30.6 Å². The zero-order valence-electron chi connectivity index (χ0n) is 19.6. The third-order valence-corrected chi connectivity index (χ3v) is 8.50. The molecular formula is C25H39NO4. The molecule has 3 aliphatic carbocycles. The first kappa shape index (κ1) is 21.8. The summed E-state index contributed by atoms with van der Waals surface area (Å²) in [6.45, 7) is 12.1. The van der Waals surface area contributed by atoms with E-state index < -0.39 is 0 Å².